The summed E-state index contributed by atoms with van der Waals surface area (Å²) in [6, 6.07) is 0. The Labute approximate surface area is 152 Å². The van der Waals surface area contributed by atoms with Crippen LogP contribution in [0, 0.1) is 5.41 Å². The second-order valence-electron chi connectivity index (χ2n) is 8.84. The van der Waals surface area contributed by atoms with Crippen molar-refractivity contribution in [1.82, 2.24) is 4.90 Å². The summed E-state index contributed by atoms with van der Waals surface area (Å²) in [6.45, 7) is 16.7. The molecule has 0 saturated carbocycles. The third-order valence-corrected chi connectivity index (χ3v) is 2.36. The van der Waals surface area contributed by atoms with Gasteiger partial charge < -0.3 is 9.47 Å². The van der Waals surface area contributed by atoms with E-state index in [4.69, 9.17) is 9.47 Å². The normalized spacial score (nSPS) is 12.4. The molecule has 25 heavy (non-hydrogen) atoms. The molecular weight excluding hydrogens is 318 g/mol. The molecule has 0 fully saturated rings. The fourth-order valence-corrected chi connectivity index (χ4v) is 1.45. The number of ether oxygens (including phenoxy) is 2. The van der Waals surface area contributed by atoms with Crippen LogP contribution in [0.4, 0.5) is 9.59 Å². The summed E-state index contributed by atoms with van der Waals surface area (Å²) in [5.41, 5.74) is 1.70. The maximum atomic E-state index is 12.3. The van der Waals surface area contributed by atoms with E-state index in [0.717, 1.165) is 4.90 Å². The van der Waals surface area contributed by atoms with Crippen LogP contribution in [-0.4, -0.2) is 34.8 Å². The lowest BCUT2D eigenvalue weighted by Gasteiger charge is -2.28. The fourth-order valence-electron chi connectivity index (χ4n) is 1.45. The molecule has 0 saturated heterocycles. The first-order chi connectivity index (χ1) is 11.1. The van der Waals surface area contributed by atoms with Crippen LogP contribution in [0.15, 0.2) is 30.0 Å². The number of allylic oxidation sites excluding steroid dienone is 2. The molecule has 0 atom stereocenters. The summed E-state index contributed by atoms with van der Waals surface area (Å²) >= 11 is 0. The molecule has 0 rings (SSSR count). The maximum absolute atomic E-state index is 12.3. The summed E-state index contributed by atoms with van der Waals surface area (Å²) in [5, 5.41) is 0. The largest absolute Gasteiger partial charge is 0.443 e. The van der Waals surface area contributed by atoms with Crippen LogP contribution in [0.3, 0.4) is 0 Å². The minimum atomic E-state index is -0.736. The highest BCUT2D eigenvalue weighted by Crippen LogP contribution is 2.15. The van der Waals surface area contributed by atoms with Crippen LogP contribution in [0.5, 0.6) is 0 Å². The van der Waals surface area contributed by atoms with Crippen LogP contribution >= 0.6 is 0 Å². The van der Waals surface area contributed by atoms with Crippen LogP contribution < -0.4 is 0 Å². The molecule has 5 nitrogen and oxygen atoms in total. The van der Waals surface area contributed by atoms with Crippen molar-refractivity contribution in [3.05, 3.63) is 30.0 Å². The minimum absolute atomic E-state index is 0.0450. The summed E-state index contributed by atoms with van der Waals surface area (Å²) < 4.78 is 10.6. The van der Waals surface area contributed by atoms with E-state index in [9.17, 15) is 9.59 Å². The van der Waals surface area contributed by atoms with E-state index in [1.165, 1.54) is 0 Å². The Bertz CT molecular complexity index is 520. The quantitative estimate of drug-likeness (QED) is 0.499. The molecule has 0 spiro atoms. The van der Waals surface area contributed by atoms with Gasteiger partial charge >= 0.3 is 12.2 Å². The zero-order valence-electron chi connectivity index (χ0n) is 17.1. The molecular formula is C20H33NO4. The predicted octanol–water partition coefficient (Wildman–Crippen LogP) is 5.47. The molecule has 0 bridgehead atoms. The molecule has 0 unspecified atom stereocenters. The number of imide groups is 1. The van der Waals surface area contributed by atoms with E-state index in [0.29, 0.717) is 0 Å². The highest BCUT2D eigenvalue weighted by atomic mass is 16.6. The molecule has 0 radical (unpaired) electrons. The van der Waals surface area contributed by atoms with Gasteiger partial charge in [-0.1, -0.05) is 32.9 Å². The average molecular weight is 351 g/mol. The van der Waals surface area contributed by atoms with Gasteiger partial charge in [0.25, 0.3) is 0 Å². The predicted molar refractivity (Wildman–Crippen MR) is 100 cm³/mol. The Morgan fingerprint density at radius 3 is 1.68 bits per heavy atom. The standard InChI is InChI=1S/C20H33NO4/c1-18(2,3)14-12-10-11-13-15-21(16(22)24-19(4,5)6)17(23)25-20(7,8)9/h10-11,13-14H,15H2,1-9H3/b13-11+. The molecule has 0 N–H and O–H groups in total. The van der Waals surface area contributed by atoms with Crippen molar-refractivity contribution >= 4 is 12.2 Å². The van der Waals surface area contributed by atoms with Gasteiger partial charge in [-0.05, 0) is 59.1 Å². The number of hydrogen-bond donors (Lipinski definition) is 0. The summed E-state index contributed by atoms with van der Waals surface area (Å²) in [7, 11) is 0. The maximum Gasteiger partial charge on any atom is 0.420 e. The number of rotatable bonds is 3. The Hall–Kier alpha value is -2.00. The third kappa shape index (κ3) is 13.0. The van der Waals surface area contributed by atoms with Crippen molar-refractivity contribution in [2.75, 3.05) is 6.54 Å². The van der Waals surface area contributed by atoms with Crippen LogP contribution in [0.2, 0.25) is 0 Å². The Balaban J connectivity index is 5.11. The Kier molecular flexibility index (Phi) is 8.20. The van der Waals surface area contributed by atoms with Crippen LogP contribution in [0.25, 0.3) is 0 Å². The molecule has 0 aromatic rings. The fraction of sp³-hybridized carbons (Fsp3) is 0.650. The van der Waals surface area contributed by atoms with Crippen molar-refractivity contribution in [3.63, 3.8) is 0 Å². The van der Waals surface area contributed by atoms with Gasteiger partial charge in [-0.3, -0.25) is 0 Å². The van der Waals surface area contributed by atoms with E-state index in [1.807, 2.05) is 6.08 Å². The van der Waals surface area contributed by atoms with Crippen molar-refractivity contribution in [2.24, 2.45) is 5.41 Å². The molecule has 2 amide bonds. The Morgan fingerprint density at radius 1 is 0.880 bits per heavy atom. The van der Waals surface area contributed by atoms with Gasteiger partial charge in [0, 0.05) is 0 Å². The minimum Gasteiger partial charge on any atom is -0.443 e. The summed E-state index contributed by atoms with van der Waals surface area (Å²) in [4.78, 5) is 25.5. The van der Waals surface area contributed by atoms with Crippen molar-refractivity contribution in [1.29, 1.82) is 0 Å². The average Bonchev–Trinajstić information content (AvgIpc) is 2.31. The topological polar surface area (TPSA) is 55.8 Å². The smallest absolute Gasteiger partial charge is 0.420 e. The van der Waals surface area contributed by atoms with E-state index < -0.39 is 23.4 Å². The van der Waals surface area contributed by atoms with Gasteiger partial charge in [-0.15, -0.1) is 5.73 Å². The van der Waals surface area contributed by atoms with Gasteiger partial charge in [0.2, 0.25) is 0 Å². The molecule has 0 aliphatic rings. The molecule has 142 valence electrons. The molecule has 0 aromatic carbocycles. The number of carbonyl (C=O) groups is 2. The highest BCUT2D eigenvalue weighted by Gasteiger charge is 2.30. The van der Waals surface area contributed by atoms with Crippen molar-refractivity contribution in [3.8, 4) is 0 Å². The first-order valence-corrected chi connectivity index (χ1v) is 8.43. The lowest BCUT2D eigenvalue weighted by molar-refractivity contribution is 0.00374. The van der Waals surface area contributed by atoms with E-state index in [1.54, 1.807) is 59.8 Å². The molecule has 5 heteroatoms. The molecule has 0 aliphatic carbocycles. The third-order valence-electron chi connectivity index (χ3n) is 2.36. The van der Waals surface area contributed by atoms with Gasteiger partial charge in [-0.2, -0.15) is 0 Å². The zero-order valence-corrected chi connectivity index (χ0v) is 17.1. The number of nitrogens with zero attached hydrogens (tertiary/aromatic N) is 1. The van der Waals surface area contributed by atoms with E-state index >= 15 is 0 Å². The number of hydrogen-bond acceptors (Lipinski definition) is 4. The monoisotopic (exact) mass is 351 g/mol. The van der Waals surface area contributed by atoms with Gasteiger partial charge in [0.15, 0.2) is 0 Å². The number of carbonyl (C=O) groups excluding carboxylic acids is 2. The Morgan fingerprint density at radius 2 is 1.32 bits per heavy atom. The molecule has 0 heterocycles. The lowest BCUT2D eigenvalue weighted by Crippen LogP contribution is -2.43. The summed E-state index contributed by atoms with van der Waals surface area (Å²) in [5.74, 6) is 0. The highest BCUT2D eigenvalue weighted by molar-refractivity contribution is 5.88. The van der Waals surface area contributed by atoms with Gasteiger partial charge in [-0.25, -0.2) is 14.5 Å². The van der Waals surface area contributed by atoms with Crippen molar-refractivity contribution in [2.45, 2.75) is 73.5 Å². The van der Waals surface area contributed by atoms with Crippen molar-refractivity contribution < 1.29 is 19.1 Å². The first kappa shape index (κ1) is 23.0. The summed E-state index contributed by atoms with van der Waals surface area (Å²) in [6.07, 6.45) is 5.60. The first-order valence-electron chi connectivity index (χ1n) is 8.43. The zero-order chi connectivity index (χ0) is 19.9. The SMILES string of the molecule is CC(C)(C)C=C=C/C=C/CN(C(=O)OC(C)(C)C)C(=O)OC(C)(C)C. The lowest BCUT2D eigenvalue weighted by atomic mass is 9.97. The van der Waals surface area contributed by atoms with Gasteiger partial charge in [0.1, 0.15) is 11.2 Å². The second kappa shape index (κ2) is 8.91. The number of amides is 2. The molecule has 0 aliphatic heterocycles. The van der Waals surface area contributed by atoms with E-state index in [-0.39, 0.29) is 12.0 Å². The van der Waals surface area contributed by atoms with Crippen LogP contribution in [-0.2, 0) is 9.47 Å². The van der Waals surface area contributed by atoms with Crippen LogP contribution in [0.1, 0.15) is 62.3 Å². The second-order valence-corrected chi connectivity index (χ2v) is 8.84. The molecule has 0 aromatic heterocycles. The van der Waals surface area contributed by atoms with Gasteiger partial charge in [0.05, 0.1) is 6.54 Å². The van der Waals surface area contributed by atoms with E-state index in [2.05, 4.69) is 26.5 Å².